The second-order valence-electron chi connectivity index (χ2n) is 6.27. The third-order valence-electron chi connectivity index (χ3n) is 4.00. The van der Waals surface area contributed by atoms with E-state index in [1.807, 2.05) is 28.8 Å². The molecule has 0 aliphatic heterocycles. The van der Waals surface area contributed by atoms with Crippen LogP contribution in [0.1, 0.15) is 30.6 Å². The number of carbonyl (C=O) groups is 1. The van der Waals surface area contributed by atoms with Gasteiger partial charge < -0.3 is 9.67 Å². The molecule has 1 aromatic carbocycles. The first-order chi connectivity index (χ1) is 12.1. The van der Waals surface area contributed by atoms with Gasteiger partial charge in [0.25, 0.3) is 5.91 Å². The predicted molar refractivity (Wildman–Crippen MR) is 96.1 cm³/mol. The van der Waals surface area contributed by atoms with Crippen LogP contribution in [0.3, 0.4) is 0 Å². The fourth-order valence-corrected chi connectivity index (χ4v) is 2.63. The highest BCUT2D eigenvalue weighted by Gasteiger charge is 2.17. The number of amides is 1. The summed E-state index contributed by atoms with van der Waals surface area (Å²) < 4.78 is 1.82. The van der Waals surface area contributed by atoms with E-state index in [2.05, 4.69) is 29.1 Å². The van der Waals surface area contributed by atoms with Gasteiger partial charge in [-0.3, -0.25) is 9.78 Å². The summed E-state index contributed by atoms with van der Waals surface area (Å²) in [6.07, 6.45) is 3.95. The van der Waals surface area contributed by atoms with Gasteiger partial charge in [0.1, 0.15) is 0 Å². The summed E-state index contributed by atoms with van der Waals surface area (Å²) in [5, 5.41) is 19.2. The summed E-state index contributed by atoms with van der Waals surface area (Å²) in [6.45, 7) is 4.95. The lowest BCUT2D eigenvalue weighted by atomic mass is 10.1. The minimum Gasteiger partial charge on any atom is -0.493 e. The summed E-state index contributed by atoms with van der Waals surface area (Å²) in [5.74, 6) is 0.0499. The van der Waals surface area contributed by atoms with Crippen molar-refractivity contribution >= 4 is 22.5 Å². The second kappa shape index (κ2) is 7.25. The third-order valence-corrected chi connectivity index (χ3v) is 4.00. The highest BCUT2D eigenvalue weighted by molar-refractivity contribution is 5.97. The molecule has 0 saturated heterocycles. The number of aryl methyl sites for hydroxylation is 1. The summed E-state index contributed by atoms with van der Waals surface area (Å²) in [4.78, 5) is 16.0. The Morgan fingerprint density at radius 2 is 2.04 bits per heavy atom. The molecule has 0 fully saturated rings. The van der Waals surface area contributed by atoms with Gasteiger partial charge in [0, 0.05) is 24.3 Å². The number of para-hydroxylation sites is 1. The van der Waals surface area contributed by atoms with Gasteiger partial charge in [-0.2, -0.15) is 0 Å². The SMILES string of the molecule is CC(C)CCn1c(O)c(N=NC(=O)c2cccnc2)c2ccccc21. The molecule has 0 aliphatic rings. The van der Waals surface area contributed by atoms with E-state index in [1.54, 1.807) is 18.3 Å². The molecule has 25 heavy (non-hydrogen) atoms. The Balaban J connectivity index is 1.97. The summed E-state index contributed by atoms with van der Waals surface area (Å²) >= 11 is 0. The molecule has 0 unspecified atom stereocenters. The fraction of sp³-hybridized carbons (Fsp3) is 0.263. The van der Waals surface area contributed by atoms with Crippen molar-refractivity contribution in [3.63, 3.8) is 0 Å². The van der Waals surface area contributed by atoms with E-state index < -0.39 is 5.91 Å². The summed E-state index contributed by atoms with van der Waals surface area (Å²) in [5.41, 5.74) is 1.55. The van der Waals surface area contributed by atoms with E-state index in [0.29, 0.717) is 23.7 Å². The maximum Gasteiger partial charge on any atom is 0.296 e. The maximum atomic E-state index is 12.1. The Hall–Kier alpha value is -3.02. The Kier molecular flexibility index (Phi) is 4.88. The molecular formula is C19H20N4O2. The second-order valence-corrected chi connectivity index (χ2v) is 6.27. The molecule has 1 amide bonds. The van der Waals surface area contributed by atoms with Crippen molar-refractivity contribution in [2.75, 3.05) is 0 Å². The molecule has 2 heterocycles. The zero-order valence-corrected chi connectivity index (χ0v) is 14.3. The lowest BCUT2D eigenvalue weighted by Gasteiger charge is -2.08. The molecule has 6 heteroatoms. The van der Waals surface area contributed by atoms with E-state index >= 15 is 0 Å². The van der Waals surface area contributed by atoms with Crippen molar-refractivity contribution in [1.82, 2.24) is 9.55 Å². The van der Waals surface area contributed by atoms with Gasteiger partial charge in [-0.05, 0) is 30.5 Å². The number of aromatic hydroxyl groups is 1. The van der Waals surface area contributed by atoms with Crippen molar-refractivity contribution < 1.29 is 9.90 Å². The average molecular weight is 336 g/mol. The third kappa shape index (κ3) is 3.57. The highest BCUT2D eigenvalue weighted by atomic mass is 16.3. The molecule has 128 valence electrons. The summed E-state index contributed by atoms with van der Waals surface area (Å²) in [6, 6.07) is 10.9. The number of aromatic nitrogens is 2. The van der Waals surface area contributed by atoms with E-state index in [4.69, 9.17) is 0 Å². The summed E-state index contributed by atoms with van der Waals surface area (Å²) in [7, 11) is 0. The van der Waals surface area contributed by atoms with Gasteiger partial charge in [0.05, 0.1) is 11.1 Å². The smallest absolute Gasteiger partial charge is 0.296 e. The van der Waals surface area contributed by atoms with Gasteiger partial charge in [0.15, 0.2) is 5.69 Å². The first kappa shape index (κ1) is 16.8. The zero-order valence-electron chi connectivity index (χ0n) is 14.3. The van der Waals surface area contributed by atoms with Gasteiger partial charge in [0.2, 0.25) is 5.88 Å². The predicted octanol–water partition coefficient (Wildman–Crippen LogP) is 4.71. The van der Waals surface area contributed by atoms with Crippen molar-refractivity contribution in [2.45, 2.75) is 26.8 Å². The molecule has 0 radical (unpaired) electrons. The molecule has 0 atom stereocenters. The Labute approximate surface area is 145 Å². The van der Waals surface area contributed by atoms with E-state index in [1.165, 1.54) is 6.20 Å². The largest absolute Gasteiger partial charge is 0.493 e. The number of azo groups is 1. The van der Waals surface area contributed by atoms with Crippen LogP contribution < -0.4 is 0 Å². The number of hydrogen-bond acceptors (Lipinski definition) is 4. The number of benzene rings is 1. The van der Waals surface area contributed by atoms with Gasteiger partial charge in [-0.1, -0.05) is 32.0 Å². The van der Waals surface area contributed by atoms with Crippen LogP contribution in [0.2, 0.25) is 0 Å². The monoisotopic (exact) mass is 336 g/mol. The number of rotatable bonds is 5. The van der Waals surface area contributed by atoms with E-state index in [9.17, 15) is 9.90 Å². The van der Waals surface area contributed by atoms with Crippen LogP contribution in [0, 0.1) is 5.92 Å². The Morgan fingerprint density at radius 3 is 2.76 bits per heavy atom. The van der Waals surface area contributed by atoms with Gasteiger partial charge in [-0.25, -0.2) is 0 Å². The first-order valence-electron chi connectivity index (χ1n) is 8.24. The van der Waals surface area contributed by atoms with Crippen LogP contribution in [0.5, 0.6) is 5.88 Å². The molecule has 1 N–H and O–H groups in total. The molecule has 2 aromatic heterocycles. The minimum absolute atomic E-state index is 0.0320. The van der Waals surface area contributed by atoms with Crippen LogP contribution >= 0.6 is 0 Å². The standard InChI is InChI=1S/C19H20N4O2/c1-13(2)9-11-23-16-8-4-3-7-15(16)17(19(23)25)21-22-18(24)14-6-5-10-20-12-14/h3-8,10,12-13,25H,9,11H2,1-2H3. The molecular weight excluding hydrogens is 316 g/mol. The average Bonchev–Trinajstić information content (AvgIpc) is 2.89. The number of fused-ring (bicyclic) bond motifs is 1. The molecule has 3 rings (SSSR count). The normalized spacial score (nSPS) is 11.6. The van der Waals surface area contributed by atoms with E-state index in [-0.39, 0.29) is 5.88 Å². The van der Waals surface area contributed by atoms with E-state index in [0.717, 1.165) is 17.3 Å². The van der Waals surface area contributed by atoms with Crippen molar-refractivity contribution in [3.8, 4) is 5.88 Å². The molecule has 0 bridgehead atoms. The lowest BCUT2D eigenvalue weighted by Crippen LogP contribution is -2.00. The molecule has 0 spiro atoms. The quantitative estimate of drug-likeness (QED) is 0.685. The fourth-order valence-electron chi connectivity index (χ4n) is 2.63. The Morgan fingerprint density at radius 1 is 1.24 bits per heavy atom. The number of hydrogen-bond donors (Lipinski definition) is 1. The van der Waals surface area contributed by atoms with Crippen LogP contribution in [0.4, 0.5) is 5.69 Å². The molecule has 0 saturated carbocycles. The zero-order chi connectivity index (χ0) is 17.8. The van der Waals surface area contributed by atoms with Crippen LogP contribution in [-0.2, 0) is 6.54 Å². The lowest BCUT2D eigenvalue weighted by molar-refractivity contribution is 0.0994. The minimum atomic E-state index is -0.494. The maximum absolute atomic E-state index is 12.1. The highest BCUT2D eigenvalue weighted by Crippen LogP contribution is 2.39. The number of nitrogens with zero attached hydrogens (tertiary/aromatic N) is 4. The Bertz CT molecular complexity index is 914. The van der Waals surface area contributed by atoms with Crippen molar-refractivity contribution in [1.29, 1.82) is 0 Å². The number of pyridine rings is 1. The molecule has 0 aliphatic carbocycles. The first-order valence-corrected chi connectivity index (χ1v) is 8.24. The van der Waals surface area contributed by atoms with Crippen LogP contribution in [0.25, 0.3) is 10.9 Å². The number of carbonyl (C=O) groups excluding carboxylic acids is 1. The molecule has 3 aromatic rings. The van der Waals surface area contributed by atoms with Crippen molar-refractivity contribution in [3.05, 3.63) is 54.4 Å². The van der Waals surface area contributed by atoms with Crippen molar-refractivity contribution in [2.24, 2.45) is 16.1 Å². The van der Waals surface area contributed by atoms with Gasteiger partial charge >= 0.3 is 0 Å². The van der Waals surface area contributed by atoms with Gasteiger partial charge in [-0.15, -0.1) is 10.2 Å². The topological polar surface area (TPSA) is 79.8 Å². The molecule has 6 nitrogen and oxygen atoms in total. The van der Waals surface area contributed by atoms with Crippen LogP contribution in [-0.4, -0.2) is 20.6 Å². The van der Waals surface area contributed by atoms with Crippen LogP contribution in [0.15, 0.2) is 59.0 Å².